The first-order valence-corrected chi connectivity index (χ1v) is 9.17. The Morgan fingerprint density at radius 1 is 1.38 bits per heavy atom. The summed E-state index contributed by atoms with van der Waals surface area (Å²) in [6.45, 7) is 3.21. The highest BCUT2D eigenvalue weighted by atomic mass is 32.1. The van der Waals surface area contributed by atoms with E-state index in [1.54, 1.807) is 11.3 Å². The van der Waals surface area contributed by atoms with E-state index in [1.807, 2.05) is 28.5 Å². The lowest BCUT2D eigenvalue weighted by molar-refractivity contribution is 0.205. The molecule has 1 aromatic carbocycles. The van der Waals surface area contributed by atoms with Crippen molar-refractivity contribution in [3.8, 4) is 10.6 Å². The molecule has 0 spiro atoms. The second-order valence-electron chi connectivity index (χ2n) is 6.53. The first kappa shape index (κ1) is 16.9. The molecule has 1 N–H and O–H groups in total. The fourth-order valence-corrected chi connectivity index (χ4v) is 3.89. The summed E-state index contributed by atoms with van der Waals surface area (Å²) in [4.78, 5) is 21.0. The molecule has 1 atom stereocenters. The minimum Gasteiger partial charge on any atom is -0.332 e. The van der Waals surface area contributed by atoms with Crippen LogP contribution < -0.4 is 5.32 Å². The number of nitrogens with one attached hydrogen (secondary N) is 1. The van der Waals surface area contributed by atoms with Crippen LogP contribution in [0.1, 0.15) is 12.1 Å². The molecule has 2 amide bonds. The van der Waals surface area contributed by atoms with Crippen LogP contribution in [-0.2, 0) is 6.54 Å². The van der Waals surface area contributed by atoms with E-state index >= 15 is 0 Å². The minimum atomic E-state index is 0.0190. The fourth-order valence-electron chi connectivity index (χ4n) is 3.06. The van der Waals surface area contributed by atoms with Crippen LogP contribution in [0, 0.1) is 5.92 Å². The number of benzene rings is 1. The first-order valence-electron chi connectivity index (χ1n) is 8.29. The number of nitrogens with zero attached hydrogens (tertiary/aromatic N) is 3. The van der Waals surface area contributed by atoms with Crippen LogP contribution in [0.5, 0.6) is 0 Å². The lowest BCUT2D eigenvalue weighted by Crippen LogP contribution is -2.38. The summed E-state index contributed by atoms with van der Waals surface area (Å²) in [5, 5.41) is 6.01. The van der Waals surface area contributed by atoms with Gasteiger partial charge in [0.25, 0.3) is 0 Å². The van der Waals surface area contributed by atoms with E-state index < -0.39 is 0 Å². The largest absolute Gasteiger partial charge is 0.332 e. The predicted molar refractivity (Wildman–Crippen MR) is 98.0 cm³/mol. The monoisotopic (exact) mass is 344 g/mol. The molecule has 2 aromatic rings. The maximum absolute atomic E-state index is 12.3. The molecule has 2 heterocycles. The molecular weight excluding hydrogens is 320 g/mol. The molecule has 128 valence electrons. The Balaban J connectivity index is 1.50. The summed E-state index contributed by atoms with van der Waals surface area (Å²) in [6.07, 6.45) is 1.08. The summed E-state index contributed by atoms with van der Waals surface area (Å²) in [5.74, 6) is 0.578. The summed E-state index contributed by atoms with van der Waals surface area (Å²) in [5.41, 5.74) is 2.03. The maximum Gasteiger partial charge on any atom is 0.317 e. The van der Waals surface area contributed by atoms with E-state index in [9.17, 15) is 4.79 Å². The van der Waals surface area contributed by atoms with Gasteiger partial charge in [0.05, 0.1) is 12.2 Å². The zero-order chi connectivity index (χ0) is 16.9. The number of likely N-dealkylation sites (tertiary alicyclic amines) is 1. The lowest BCUT2D eigenvalue weighted by atomic mass is 10.1. The van der Waals surface area contributed by atoms with E-state index in [-0.39, 0.29) is 6.03 Å². The zero-order valence-corrected chi connectivity index (χ0v) is 15.1. The Morgan fingerprint density at radius 2 is 2.17 bits per heavy atom. The lowest BCUT2D eigenvalue weighted by Gasteiger charge is -2.18. The van der Waals surface area contributed by atoms with E-state index in [4.69, 9.17) is 0 Å². The quantitative estimate of drug-likeness (QED) is 0.907. The van der Waals surface area contributed by atoms with Crippen molar-refractivity contribution in [3.63, 3.8) is 0 Å². The van der Waals surface area contributed by atoms with Crippen LogP contribution in [0.25, 0.3) is 10.6 Å². The van der Waals surface area contributed by atoms with Gasteiger partial charge >= 0.3 is 6.03 Å². The zero-order valence-electron chi connectivity index (χ0n) is 14.2. The molecule has 0 bridgehead atoms. The van der Waals surface area contributed by atoms with Crippen LogP contribution in [0.15, 0.2) is 35.7 Å². The van der Waals surface area contributed by atoms with Gasteiger partial charge < -0.3 is 15.1 Å². The number of aromatic nitrogens is 1. The smallest absolute Gasteiger partial charge is 0.317 e. The molecule has 1 aliphatic rings. The Hall–Kier alpha value is -1.92. The van der Waals surface area contributed by atoms with Gasteiger partial charge in [0, 0.05) is 30.6 Å². The molecule has 6 heteroatoms. The Morgan fingerprint density at radius 3 is 2.92 bits per heavy atom. The SMILES string of the molecule is CN(C)C[C@@H]1CCN(C(=O)NCc2csc(-c3ccccc3)n2)C1. The second kappa shape index (κ2) is 7.77. The highest BCUT2D eigenvalue weighted by Gasteiger charge is 2.26. The van der Waals surface area contributed by atoms with Gasteiger partial charge in [0.2, 0.25) is 0 Å². The van der Waals surface area contributed by atoms with Gasteiger partial charge in [0.15, 0.2) is 0 Å². The van der Waals surface area contributed by atoms with Crippen molar-refractivity contribution in [2.45, 2.75) is 13.0 Å². The van der Waals surface area contributed by atoms with Crippen molar-refractivity contribution in [3.05, 3.63) is 41.4 Å². The van der Waals surface area contributed by atoms with Crippen molar-refractivity contribution in [1.29, 1.82) is 0 Å². The normalized spacial score (nSPS) is 17.5. The van der Waals surface area contributed by atoms with E-state index in [2.05, 4.69) is 41.4 Å². The average Bonchev–Trinajstić information content (AvgIpc) is 3.22. The molecule has 0 radical (unpaired) electrons. The molecular formula is C18H24N4OS. The second-order valence-corrected chi connectivity index (χ2v) is 7.39. The highest BCUT2D eigenvalue weighted by Crippen LogP contribution is 2.23. The van der Waals surface area contributed by atoms with Gasteiger partial charge in [-0.2, -0.15) is 0 Å². The number of urea groups is 1. The fraction of sp³-hybridized carbons (Fsp3) is 0.444. The van der Waals surface area contributed by atoms with Crippen molar-refractivity contribution in [1.82, 2.24) is 20.1 Å². The molecule has 0 saturated carbocycles. The summed E-state index contributed by atoms with van der Waals surface area (Å²) in [6, 6.07) is 10.1. The van der Waals surface area contributed by atoms with E-state index in [1.165, 1.54) is 0 Å². The average molecular weight is 344 g/mol. The Bertz CT molecular complexity index is 671. The third-order valence-electron chi connectivity index (χ3n) is 4.19. The molecule has 0 aliphatic carbocycles. The predicted octanol–water partition coefficient (Wildman–Crippen LogP) is 2.90. The maximum atomic E-state index is 12.3. The van der Waals surface area contributed by atoms with Gasteiger partial charge in [0.1, 0.15) is 5.01 Å². The van der Waals surface area contributed by atoms with Crippen LogP contribution in [0.4, 0.5) is 4.79 Å². The van der Waals surface area contributed by atoms with Crippen molar-refractivity contribution in [2.24, 2.45) is 5.92 Å². The number of amides is 2. The van der Waals surface area contributed by atoms with Crippen molar-refractivity contribution in [2.75, 3.05) is 33.7 Å². The van der Waals surface area contributed by atoms with Gasteiger partial charge in [-0.3, -0.25) is 0 Å². The topological polar surface area (TPSA) is 48.5 Å². The molecule has 1 aliphatic heterocycles. The number of rotatable bonds is 5. The van der Waals surface area contributed by atoms with Gasteiger partial charge in [-0.1, -0.05) is 30.3 Å². The third-order valence-corrected chi connectivity index (χ3v) is 5.13. The minimum absolute atomic E-state index is 0.0190. The molecule has 1 fully saturated rings. The number of hydrogen-bond acceptors (Lipinski definition) is 4. The molecule has 5 nitrogen and oxygen atoms in total. The van der Waals surface area contributed by atoms with E-state index in [0.717, 1.165) is 42.3 Å². The number of carbonyl (C=O) groups is 1. The van der Waals surface area contributed by atoms with Gasteiger partial charge in [-0.05, 0) is 26.4 Å². The van der Waals surface area contributed by atoms with Crippen LogP contribution in [0.3, 0.4) is 0 Å². The van der Waals surface area contributed by atoms with Crippen LogP contribution >= 0.6 is 11.3 Å². The van der Waals surface area contributed by atoms with Gasteiger partial charge in [-0.15, -0.1) is 11.3 Å². The number of hydrogen-bond donors (Lipinski definition) is 1. The molecule has 1 saturated heterocycles. The van der Waals surface area contributed by atoms with E-state index in [0.29, 0.717) is 12.5 Å². The van der Waals surface area contributed by atoms with Crippen LogP contribution in [0.2, 0.25) is 0 Å². The van der Waals surface area contributed by atoms with Crippen LogP contribution in [-0.4, -0.2) is 54.5 Å². The molecule has 1 aromatic heterocycles. The number of thiazole rings is 1. The third kappa shape index (κ3) is 4.33. The summed E-state index contributed by atoms with van der Waals surface area (Å²) >= 11 is 1.61. The van der Waals surface area contributed by atoms with Crippen molar-refractivity contribution >= 4 is 17.4 Å². The first-order chi connectivity index (χ1) is 11.6. The van der Waals surface area contributed by atoms with Crippen molar-refractivity contribution < 1.29 is 4.79 Å². The summed E-state index contributed by atoms with van der Waals surface area (Å²) in [7, 11) is 4.16. The van der Waals surface area contributed by atoms with Gasteiger partial charge in [-0.25, -0.2) is 9.78 Å². The molecule has 3 rings (SSSR count). The number of carbonyl (C=O) groups excluding carboxylic acids is 1. The highest BCUT2D eigenvalue weighted by molar-refractivity contribution is 7.13. The summed E-state index contributed by atoms with van der Waals surface area (Å²) < 4.78 is 0. The Kier molecular flexibility index (Phi) is 5.48. The Labute approximate surface area is 147 Å². The standard InChI is InChI=1S/C18H24N4OS/c1-21(2)11-14-8-9-22(12-14)18(23)19-10-16-13-24-17(20-16)15-6-4-3-5-7-15/h3-7,13-14H,8-12H2,1-2H3,(H,19,23)/t14-/m0/s1. The molecule has 0 unspecified atom stereocenters. The molecule has 24 heavy (non-hydrogen) atoms.